The van der Waals surface area contributed by atoms with Gasteiger partial charge in [-0.2, -0.15) is 0 Å². The van der Waals surface area contributed by atoms with Crippen LogP contribution >= 0.6 is 0 Å². The van der Waals surface area contributed by atoms with Crippen molar-refractivity contribution in [1.29, 1.82) is 0 Å². The van der Waals surface area contributed by atoms with E-state index in [2.05, 4.69) is 26.1 Å². The molecule has 1 aliphatic heterocycles. The molecule has 0 aromatic carbocycles. The molecule has 1 saturated carbocycles. The summed E-state index contributed by atoms with van der Waals surface area (Å²) in [4.78, 5) is 0. The molecule has 2 fully saturated rings. The van der Waals surface area contributed by atoms with E-state index < -0.39 is 0 Å². The van der Waals surface area contributed by atoms with Crippen molar-refractivity contribution in [3.63, 3.8) is 0 Å². The first-order valence-electron chi connectivity index (χ1n) is 5.56. The number of ether oxygens (including phenoxy) is 1. The quantitative estimate of drug-likeness (QED) is 0.706. The van der Waals surface area contributed by atoms with Crippen LogP contribution in [0.15, 0.2) is 0 Å². The molecule has 2 heteroatoms. The first kappa shape index (κ1) is 9.47. The standard InChI is InChI=1S/C11H21NO/c1-7-4-11(7)12-10-5-8(2)13-9(3)6-10/h7-12H,4-6H2,1-3H3/t7-,8?,9?,10?,11-/m1/s1. The predicted molar refractivity (Wildman–Crippen MR) is 53.7 cm³/mol. The topological polar surface area (TPSA) is 21.3 Å². The van der Waals surface area contributed by atoms with Gasteiger partial charge in [0.1, 0.15) is 0 Å². The minimum absolute atomic E-state index is 0.440. The van der Waals surface area contributed by atoms with Gasteiger partial charge in [0.2, 0.25) is 0 Å². The lowest BCUT2D eigenvalue weighted by atomic mass is 10.00. The van der Waals surface area contributed by atoms with Crippen molar-refractivity contribution in [3.05, 3.63) is 0 Å². The van der Waals surface area contributed by atoms with Gasteiger partial charge < -0.3 is 10.1 Å². The number of hydrogen-bond donors (Lipinski definition) is 1. The summed E-state index contributed by atoms with van der Waals surface area (Å²) in [5.74, 6) is 0.911. The molecule has 0 aromatic heterocycles. The van der Waals surface area contributed by atoms with Crippen LogP contribution in [0.25, 0.3) is 0 Å². The lowest BCUT2D eigenvalue weighted by molar-refractivity contribution is -0.0424. The molecule has 1 aliphatic carbocycles. The van der Waals surface area contributed by atoms with Gasteiger partial charge in [-0.25, -0.2) is 0 Å². The Labute approximate surface area is 81.0 Å². The van der Waals surface area contributed by atoms with Crippen molar-refractivity contribution in [1.82, 2.24) is 5.32 Å². The second kappa shape index (κ2) is 3.58. The molecule has 2 aliphatic rings. The van der Waals surface area contributed by atoms with Crippen molar-refractivity contribution >= 4 is 0 Å². The van der Waals surface area contributed by atoms with Crippen LogP contribution in [0, 0.1) is 5.92 Å². The van der Waals surface area contributed by atoms with Crippen molar-refractivity contribution in [2.45, 2.75) is 64.3 Å². The summed E-state index contributed by atoms with van der Waals surface area (Å²) >= 11 is 0. The molecule has 0 spiro atoms. The summed E-state index contributed by atoms with van der Waals surface area (Å²) in [7, 11) is 0. The molecule has 0 aromatic rings. The second-order valence-corrected chi connectivity index (χ2v) is 4.91. The van der Waals surface area contributed by atoms with Crippen molar-refractivity contribution < 1.29 is 4.74 Å². The highest BCUT2D eigenvalue weighted by molar-refractivity contribution is 4.93. The molecule has 2 unspecified atom stereocenters. The molecule has 0 bridgehead atoms. The maximum atomic E-state index is 5.71. The molecule has 76 valence electrons. The number of hydrogen-bond acceptors (Lipinski definition) is 2. The molecule has 1 N–H and O–H groups in total. The Morgan fingerprint density at radius 3 is 2.00 bits per heavy atom. The highest BCUT2D eigenvalue weighted by atomic mass is 16.5. The second-order valence-electron chi connectivity index (χ2n) is 4.91. The van der Waals surface area contributed by atoms with Gasteiger partial charge in [-0.1, -0.05) is 6.92 Å². The summed E-state index contributed by atoms with van der Waals surface area (Å²) in [5.41, 5.74) is 0. The monoisotopic (exact) mass is 183 g/mol. The molecule has 0 radical (unpaired) electrons. The van der Waals surface area contributed by atoms with Gasteiger partial charge in [-0.05, 0) is 39.0 Å². The molecule has 2 rings (SSSR count). The fourth-order valence-electron chi connectivity index (χ4n) is 2.40. The zero-order chi connectivity index (χ0) is 9.42. The van der Waals surface area contributed by atoms with Crippen molar-refractivity contribution in [2.75, 3.05) is 0 Å². The summed E-state index contributed by atoms with van der Waals surface area (Å²) in [6.45, 7) is 6.69. The first-order chi connectivity index (χ1) is 6.15. The van der Waals surface area contributed by atoms with Crippen LogP contribution in [-0.2, 0) is 4.74 Å². The Bertz CT molecular complexity index is 173. The van der Waals surface area contributed by atoms with Crippen molar-refractivity contribution in [2.24, 2.45) is 5.92 Å². The van der Waals surface area contributed by atoms with E-state index in [0.717, 1.165) is 12.0 Å². The SMILES string of the molecule is CC1CC(N[C@@H]2C[C@H]2C)CC(C)O1. The van der Waals surface area contributed by atoms with Crippen LogP contribution in [0.1, 0.15) is 40.0 Å². The number of nitrogens with one attached hydrogen (secondary N) is 1. The smallest absolute Gasteiger partial charge is 0.0565 e. The molecular weight excluding hydrogens is 162 g/mol. The fraction of sp³-hybridized carbons (Fsp3) is 1.00. The minimum atomic E-state index is 0.440. The van der Waals surface area contributed by atoms with E-state index in [-0.39, 0.29) is 0 Å². The lowest BCUT2D eigenvalue weighted by Gasteiger charge is -2.32. The van der Waals surface area contributed by atoms with Crippen LogP contribution in [0.2, 0.25) is 0 Å². The summed E-state index contributed by atoms with van der Waals surface area (Å²) < 4.78 is 5.71. The van der Waals surface area contributed by atoms with Crippen LogP contribution in [0.4, 0.5) is 0 Å². The zero-order valence-electron chi connectivity index (χ0n) is 8.92. The molecule has 0 amide bonds. The zero-order valence-corrected chi connectivity index (χ0v) is 8.92. The van der Waals surface area contributed by atoms with E-state index >= 15 is 0 Å². The summed E-state index contributed by atoms with van der Waals surface area (Å²) in [6, 6.07) is 1.51. The van der Waals surface area contributed by atoms with Crippen LogP contribution in [-0.4, -0.2) is 24.3 Å². The summed E-state index contributed by atoms with van der Waals surface area (Å²) in [5, 5.41) is 3.72. The minimum Gasteiger partial charge on any atom is -0.375 e. The van der Waals surface area contributed by atoms with E-state index in [0.29, 0.717) is 18.2 Å². The van der Waals surface area contributed by atoms with Gasteiger partial charge in [0.05, 0.1) is 12.2 Å². The Balaban J connectivity index is 1.78. The Kier molecular flexibility index (Phi) is 2.61. The predicted octanol–water partition coefficient (Wildman–Crippen LogP) is 1.94. The maximum absolute atomic E-state index is 5.71. The van der Waals surface area contributed by atoms with Crippen LogP contribution < -0.4 is 5.32 Å². The highest BCUT2D eigenvalue weighted by Gasteiger charge is 2.35. The Morgan fingerprint density at radius 2 is 1.54 bits per heavy atom. The average Bonchev–Trinajstić information content (AvgIpc) is 2.63. The molecule has 1 saturated heterocycles. The Hall–Kier alpha value is -0.0800. The third kappa shape index (κ3) is 2.44. The van der Waals surface area contributed by atoms with E-state index in [1.807, 2.05) is 0 Å². The fourth-order valence-corrected chi connectivity index (χ4v) is 2.40. The molecule has 1 heterocycles. The first-order valence-corrected chi connectivity index (χ1v) is 5.56. The molecule has 2 nitrogen and oxygen atoms in total. The lowest BCUT2D eigenvalue weighted by Crippen LogP contribution is -2.42. The van der Waals surface area contributed by atoms with E-state index in [9.17, 15) is 0 Å². The van der Waals surface area contributed by atoms with Gasteiger partial charge in [-0.15, -0.1) is 0 Å². The normalized spacial score (nSPS) is 50.5. The Morgan fingerprint density at radius 1 is 1.00 bits per heavy atom. The van der Waals surface area contributed by atoms with Gasteiger partial charge in [0, 0.05) is 12.1 Å². The van der Waals surface area contributed by atoms with Gasteiger partial charge >= 0.3 is 0 Å². The van der Waals surface area contributed by atoms with E-state index in [1.54, 1.807) is 0 Å². The average molecular weight is 183 g/mol. The summed E-state index contributed by atoms with van der Waals surface area (Å²) in [6.07, 6.45) is 4.63. The molecular formula is C11H21NO. The van der Waals surface area contributed by atoms with Gasteiger partial charge in [0.15, 0.2) is 0 Å². The number of rotatable bonds is 2. The molecule has 4 atom stereocenters. The van der Waals surface area contributed by atoms with Crippen LogP contribution in [0.3, 0.4) is 0 Å². The molecule has 13 heavy (non-hydrogen) atoms. The third-order valence-corrected chi connectivity index (χ3v) is 3.26. The van der Waals surface area contributed by atoms with E-state index in [4.69, 9.17) is 4.74 Å². The van der Waals surface area contributed by atoms with Gasteiger partial charge in [0.25, 0.3) is 0 Å². The maximum Gasteiger partial charge on any atom is 0.0565 e. The third-order valence-electron chi connectivity index (χ3n) is 3.26. The van der Waals surface area contributed by atoms with Crippen LogP contribution in [0.5, 0.6) is 0 Å². The van der Waals surface area contributed by atoms with E-state index in [1.165, 1.54) is 19.3 Å². The highest BCUT2D eigenvalue weighted by Crippen LogP contribution is 2.31. The largest absolute Gasteiger partial charge is 0.375 e. The van der Waals surface area contributed by atoms with Gasteiger partial charge in [-0.3, -0.25) is 0 Å². The van der Waals surface area contributed by atoms with Crippen molar-refractivity contribution in [3.8, 4) is 0 Å².